The van der Waals surface area contributed by atoms with Crippen LogP contribution >= 0.6 is 0 Å². The number of carbonyl (C=O) groups is 2. The molecule has 3 amide bonds. The Morgan fingerprint density at radius 2 is 2.06 bits per heavy atom. The first-order valence-corrected chi connectivity index (χ1v) is 10.9. The van der Waals surface area contributed by atoms with E-state index < -0.39 is 11.6 Å². The molecular formula is C23H30N6O3. The third-order valence-corrected chi connectivity index (χ3v) is 6.40. The molecule has 170 valence electrons. The van der Waals surface area contributed by atoms with Gasteiger partial charge in [-0.05, 0) is 25.8 Å². The van der Waals surface area contributed by atoms with Gasteiger partial charge in [0.05, 0.1) is 30.4 Å². The topological polar surface area (TPSA) is 111 Å². The number of rotatable bonds is 5. The Balaban J connectivity index is 1.47. The number of amides is 3. The van der Waals surface area contributed by atoms with Gasteiger partial charge in [0.1, 0.15) is 0 Å². The van der Waals surface area contributed by atoms with Crippen LogP contribution in [0.5, 0.6) is 0 Å². The molecule has 9 heteroatoms. The van der Waals surface area contributed by atoms with E-state index >= 15 is 0 Å². The van der Waals surface area contributed by atoms with Crippen molar-refractivity contribution < 1.29 is 14.7 Å². The van der Waals surface area contributed by atoms with Crippen molar-refractivity contribution in [3.05, 3.63) is 53.3 Å². The number of nitrogens with zero attached hydrogens (tertiary/aromatic N) is 4. The molecular weight excluding hydrogens is 408 g/mol. The minimum absolute atomic E-state index is 0.0979. The Labute approximate surface area is 187 Å². The summed E-state index contributed by atoms with van der Waals surface area (Å²) >= 11 is 0. The van der Waals surface area contributed by atoms with E-state index in [2.05, 4.69) is 20.6 Å². The molecule has 32 heavy (non-hydrogen) atoms. The Kier molecular flexibility index (Phi) is 6.01. The first-order valence-electron chi connectivity index (χ1n) is 10.9. The van der Waals surface area contributed by atoms with Crippen molar-refractivity contribution in [3.8, 4) is 0 Å². The van der Waals surface area contributed by atoms with E-state index in [1.807, 2.05) is 44.2 Å². The van der Waals surface area contributed by atoms with Crippen LogP contribution in [-0.4, -0.2) is 63.1 Å². The van der Waals surface area contributed by atoms with E-state index in [1.54, 1.807) is 23.0 Å². The Morgan fingerprint density at radius 3 is 2.75 bits per heavy atom. The second kappa shape index (κ2) is 8.74. The molecule has 1 aromatic heterocycles. The second-order valence-corrected chi connectivity index (χ2v) is 8.95. The zero-order chi connectivity index (χ0) is 22.9. The van der Waals surface area contributed by atoms with Gasteiger partial charge in [-0.15, -0.1) is 0 Å². The van der Waals surface area contributed by atoms with Crippen LogP contribution in [0.1, 0.15) is 49.6 Å². The van der Waals surface area contributed by atoms with Gasteiger partial charge in [-0.25, -0.2) is 14.8 Å². The molecule has 0 radical (unpaired) electrons. The van der Waals surface area contributed by atoms with Crippen molar-refractivity contribution in [2.75, 3.05) is 25.5 Å². The van der Waals surface area contributed by atoms with Gasteiger partial charge in [0.25, 0.3) is 0 Å². The standard InChI is InChI=1S/C23H30N6O3/c1-23(2)17-11-24-21(25-16-9-10-20(31)28(3)12-16)26-18(17)13-29(23)22(32)27-19(14-30)15-7-5-4-6-8-15/h4-8,11,16,19,30H,9-10,12-14H2,1-3H3,(H,27,32)(H,24,25,26)/t16?,19-/m1/s1. The molecule has 2 atom stereocenters. The molecule has 3 N–H and O–H groups in total. The zero-order valence-electron chi connectivity index (χ0n) is 18.7. The van der Waals surface area contributed by atoms with Crippen molar-refractivity contribution in [1.29, 1.82) is 0 Å². The molecule has 0 spiro atoms. The van der Waals surface area contributed by atoms with Gasteiger partial charge in [-0.3, -0.25) is 4.79 Å². The maximum Gasteiger partial charge on any atom is 0.319 e. The van der Waals surface area contributed by atoms with Gasteiger partial charge >= 0.3 is 6.03 Å². The largest absolute Gasteiger partial charge is 0.394 e. The summed E-state index contributed by atoms with van der Waals surface area (Å²) in [6.07, 6.45) is 3.02. The summed E-state index contributed by atoms with van der Waals surface area (Å²) in [5.74, 6) is 0.657. The lowest BCUT2D eigenvalue weighted by molar-refractivity contribution is -0.132. The normalized spacial score (nSPS) is 20.6. The van der Waals surface area contributed by atoms with Crippen LogP contribution < -0.4 is 10.6 Å². The third-order valence-electron chi connectivity index (χ3n) is 6.40. The number of carbonyl (C=O) groups excluding carboxylic acids is 2. The summed E-state index contributed by atoms with van der Waals surface area (Å²) in [4.78, 5) is 37.4. The van der Waals surface area contributed by atoms with Crippen LogP contribution in [0.2, 0.25) is 0 Å². The van der Waals surface area contributed by atoms with E-state index in [0.717, 1.165) is 23.2 Å². The van der Waals surface area contributed by atoms with E-state index in [9.17, 15) is 14.7 Å². The first-order chi connectivity index (χ1) is 15.3. The van der Waals surface area contributed by atoms with Crippen LogP contribution in [0.4, 0.5) is 10.7 Å². The highest BCUT2D eigenvalue weighted by Crippen LogP contribution is 2.38. The molecule has 1 saturated heterocycles. The minimum Gasteiger partial charge on any atom is -0.394 e. The van der Waals surface area contributed by atoms with Gasteiger partial charge < -0.3 is 25.5 Å². The van der Waals surface area contributed by atoms with E-state index in [4.69, 9.17) is 0 Å². The maximum atomic E-state index is 13.1. The van der Waals surface area contributed by atoms with Crippen LogP contribution in [0, 0.1) is 0 Å². The molecule has 2 aromatic rings. The number of piperidine rings is 1. The van der Waals surface area contributed by atoms with E-state index in [1.165, 1.54) is 0 Å². The number of fused-ring (bicyclic) bond motifs is 1. The fourth-order valence-corrected chi connectivity index (χ4v) is 4.40. The van der Waals surface area contributed by atoms with Crippen LogP contribution in [0.15, 0.2) is 36.5 Å². The third kappa shape index (κ3) is 4.25. The minimum atomic E-state index is -0.591. The number of urea groups is 1. The number of hydrogen-bond acceptors (Lipinski definition) is 6. The molecule has 4 rings (SSSR count). The average molecular weight is 439 g/mol. The fraction of sp³-hybridized carbons (Fsp3) is 0.478. The molecule has 1 fully saturated rings. The molecule has 0 aliphatic carbocycles. The maximum absolute atomic E-state index is 13.1. The van der Waals surface area contributed by atoms with Gasteiger partial charge in [0.15, 0.2) is 0 Å². The molecule has 2 aliphatic rings. The van der Waals surface area contributed by atoms with Gasteiger partial charge in [0.2, 0.25) is 11.9 Å². The molecule has 0 bridgehead atoms. The highest BCUT2D eigenvalue weighted by molar-refractivity contribution is 5.77. The highest BCUT2D eigenvalue weighted by atomic mass is 16.3. The lowest BCUT2D eigenvalue weighted by Crippen LogP contribution is -2.47. The number of anilines is 1. The zero-order valence-corrected chi connectivity index (χ0v) is 18.7. The molecule has 3 heterocycles. The Hall–Kier alpha value is -3.20. The second-order valence-electron chi connectivity index (χ2n) is 8.95. The highest BCUT2D eigenvalue weighted by Gasteiger charge is 2.42. The van der Waals surface area contributed by atoms with Crippen molar-refractivity contribution in [3.63, 3.8) is 0 Å². The summed E-state index contributed by atoms with van der Waals surface area (Å²) in [6, 6.07) is 8.76. The molecule has 1 unspecified atom stereocenters. The quantitative estimate of drug-likeness (QED) is 0.659. The number of aromatic nitrogens is 2. The average Bonchev–Trinajstić information content (AvgIpc) is 3.05. The molecule has 0 saturated carbocycles. The van der Waals surface area contributed by atoms with E-state index in [-0.39, 0.29) is 24.6 Å². The lowest BCUT2D eigenvalue weighted by atomic mass is 9.97. The van der Waals surface area contributed by atoms with Crippen molar-refractivity contribution in [1.82, 2.24) is 25.1 Å². The number of nitrogens with one attached hydrogen (secondary N) is 2. The summed E-state index contributed by atoms with van der Waals surface area (Å²) in [6.45, 7) is 4.70. The Morgan fingerprint density at radius 1 is 1.31 bits per heavy atom. The number of likely N-dealkylation sites (tertiary alicyclic amines) is 1. The number of likely N-dealkylation sites (N-methyl/N-ethyl adjacent to an activating group) is 1. The summed E-state index contributed by atoms with van der Waals surface area (Å²) in [5, 5.41) is 16.1. The molecule has 1 aromatic carbocycles. The van der Waals surface area contributed by atoms with Crippen molar-refractivity contribution in [2.45, 2.75) is 50.9 Å². The van der Waals surface area contributed by atoms with Crippen molar-refractivity contribution >= 4 is 17.9 Å². The number of aliphatic hydroxyl groups is 1. The van der Waals surface area contributed by atoms with Crippen LogP contribution in [0.25, 0.3) is 0 Å². The summed E-state index contributed by atoms with van der Waals surface area (Å²) in [5.41, 5.74) is 1.95. The number of aliphatic hydroxyl groups excluding tert-OH is 1. The molecule has 9 nitrogen and oxygen atoms in total. The van der Waals surface area contributed by atoms with E-state index in [0.29, 0.717) is 25.5 Å². The lowest BCUT2D eigenvalue weighted by Gasteiger charge is -2.33. The van der Waals surface area contributed by atoms with Gasteiger partial charge in [-0.2, -0.15) is 0 Å². The van der Waals surface area contributed by atoms with Gasteiger partial charge in [0, 0.05) is 37.8 Å². The smallest absolute Gasteiger partial charge is 0.319 e. The van der Waals surface area contributed by atoms with Gasteiger partial charge in [-0.1, -0.05) is 30.3 Å². The predicted octanol–water partition coefficient (Wildman–Crippen LogP) is 2.00. The SMILES string of the molecule is CN1CC(Nc2ncc3c(n2)CN(C(=O)N[C@H](CO)c2ccccc2)C3(C)C)CCC1=O. The Bertz CT molecular complexity index is 996. The fourth-order valence-electron chi connectivity index (χ4n) is 4.40. The van der Waals surface area contributed by atoms with Crippen molar-refractivity contribution in [2.24, 2.45) is 0 Å². The molecule has 2 aliphatic heterocycles. The van der Waals surface area contributed by atoms with Crippen LogP contribution in [-0.2, 0) is 16.9 Å². The summed E-state index contributed by atoms with van der Waals surface area (Å²) < 4.78 is 0. The monoisotopic (exact) mass is 438 g/mol. The number of hydrogen-bond donors (Lipinski definition) is 3. The van der Waals surface area contributed by atoms with Crippen LogP contribution in [0.3, 0.4) is 0 Å². The first kappa shape index (κ1) is 22.0. The summed E-state index contributed by atoms with van der Waals surface area (Å²) in [7, 11) is 1.80. The predicted molar refractivity (Wildman–Crippen MR) is 120 cm³/mol. The number of benzene rings is 1.